The second-order valence-corrected chi connectivity index (χ2v) is 11.1. The summed E-state index contributed by atoms with van der Waals surface area (Å²) >= 11 is 0. The minimum Gasteiger partial charge on any atom is -0.348 e. The number of nitrogens with zero attached hydrogens (tertiary/aromatic N) is 2. The maximum atomic E-state index is 13.6. The molecule has 0 saturated carbocycles. The Hall–Kier alpha value is -4.27. The van der Waals surface area contributed by atoms with E-state index in [2.05, 4.69) is 62.9 Å². The largest absolute Gasteiger partial charge is 0.348 e. The third-order valence-corrected chi connectivity index (χ3v) is 7.63. The average Bonchev–Trinajstić information content (AvgIpc) is 3.56. The fraction of sp³-hybridized carbons (Fsp3) is 0.361. The molecule has 0 bridgehead atoms. The van der Waals surface area contributed by atoms with Crippen molar-refractivity contribution in [2.24, 2.45) is 0 Å². The van der Waals surface area contributed by atoms with Crippen LogP contribution in [0.25, 0.3) is 10.8 Å². The Morgan fingerprint density at radius 2 is 1.66 bits per heavy atom. The van der Waals surface area contributed by atoms with Crippen LogP contribution in [-0.4, -0.2) is 52.4 Å². The van der Waals surface area contributed by atoms with Crippen LogP contribution in [-0.2, 0) is 17.9 Å². The first kappa shape index (κ1) is 32.6. The van der Waals surface area contributed by atoms with Crippen molar-refractivity contribution in [2.75, 3.05) is 19.6 Å². The highest BCUT2D eigenvalue weighted by Crippen LogP contribution is 2.24. The summed E-state index contributed by atoms with van der Waals surface area (Å²) < 4.78 is 0. The first-order valence-corrected chi connectivity index (χ1v) is 15.7. The molecule has 4 aromatic rings. The van der Waals surface area contributed by atoms with E-state index in [9.17, 15) is 9.59 Å². The zero-order valence-corrected chi connectivity index (χ0v) is 26.2. The van der Waals surface area contributed by atoms with Gasteiger partial charge in [0.1, 0.15) is 11.9 Å². The molecule has 0 aliphatic carbocycles. The Kier molecular flexibility index (Phi) is 12.7. The molecule has 8 heteroatoms. The van der Waals surface area contributed by atoms with Gasteiger partial charge in [-0.05, 0) is 73.3 Å². The summed E-state index contributed by atoms with van der Waals surface area (Å²) in [6.07, 6.45) is 10.4. The van der Waals surface area contributed by atoms with E-state index in [1.807, 2.05) is 55.5 Å². The zero-order valence-electron chi connectivity index (χ0n) is 26.2. The Morgan fingerprint density at radius 3 is 2.39 bits per heavy atom. The molecule has 0 spiro atoms. The number of aromatic amines is 1. The number of hydrogen-bond donors (Lipinski definition) is 4. The monoisotopic (exact) mass is 594 g/mol. The fourth-order valence-electron chi connectivity index (χ4n) is 5.39. The van der Waals surface area contributed by atoms with Crippen LogP contribution in [0.15, 0.2) is 91.3 Å². The smallest absolute Gasteiger partial charge is 0.252 e. The van der Waals surface area contributed by atoms with E-state index < -0.39 is 6.04 Å². The summed E-state index contributed by atoms with van der Waals surface area (Å²) in [7, 11) is 0. The molecule has 4 N–H and O–H groups in total. The molecule has 4 rings (SSSR count). The third kappa shape index (κ3) is 9.62. The first-order chi connectivity index (χ1) is 21.5. The number of benzene rings is 3. The van der Waals surface area contributed by atoms with Crippen molar-refractivity contribution >= 4 is 22.6 Å². The van der Waals surface area contributed by atoms with Crippen LogP contribution in [0, 0.1) is 0 Å². The molecule has 0 saturated heterocycles. The van der Waals surface area contributed by atoms with Crippen LogP contribution in [0.3, 0.4) is 0 Å². The maximum Gasteiger partial charge on any atom is 0.252 e. The van der Waals surface area contributed by atoms with Crippen molar-refractivity contribution in [3.05, 3.63) is 114 Å². The van der Waals surface area contributed by atoms with E-state index in [1.54, 1.807) is 24.5 Å². The molecule has 1 aromatic heterocycles. The lowest BCUT2D eigenvalue weighted by molar-refractivity contribution is -0.122. The van der Waals surface area contributed by atoms with Crippen molar-refractivity contribution in [3.8, 4) is 0 Å². The van der Waals surface area contributed by atoms with Crippen molar-refractivity contribution in [3.63, 3.8) is 0 Å². The molecular formula is C36H46N6O2. The van der Waals surface area contributed by atoms with Gasteiger partial charge in [-0.15, -0.1) is 0 Å². The highest BCUT2D eigenvalue weighted by atomic mass is 16.2. The molecule has 0 aliphatic heterocycles. The molecule has 44 heavy (non-hydrogen) atoms. The van der Waals surface area contributed by atoms with Gasteiger partial charge in [0.05, 0.1) is 12.6 Å². The number of imidazole rings is 1. The van der Waals surface area contributed by atoms with Gasteiger partial charge in [0.15, 0.2) is 0 Å². The molecular weight excluding hydrogens is 548 g/mol. The maximum absolute atomic E-state index is 13.6. The molecule has 0 radical (unpaired) electrons. The SMILES string of the molecule is CCCN(CCC)CC/C=C/C(NC(=O)c1ccc(CNCc2ncc[nH]2)cc1)C(=O)N[C@@H](C)c1cccc2ccccc12. The quantitative estimate of drug-likeness (QED) is 0.114. The molecule has 1 heterocycles. The molecule has 2 amide bonds. The molecule has 3 aromatic carbocycles. The lowest BCUT2D eigenvalue weighted by Crippen LogP contribution is -2.46. The molecule has 232 valence electrons. The number of rotatable bonds is 17. The van der Waals surface area contributed by atoms with E-state index >= 15 is 0 Å². The minimum atomic E-state index is -0.805. The van der Waals surface area contributed by atoms with Gasteiger partial charge < -0.3 is 25.8 Å². The number of carbonyl (C=O) groups is 2. The predicted molar refractivity (Wildman–Crippen MR) is 178 cm³/mol. The summed E-state index contributed by atoms with van der Waals surface area (Å²) in [5.41, 5.74) is 2.59. The normalized spacial score (nSPS) is 12.9. The standard InChI is InChI=1S/C36H46N6O2/c1-4-22-42(23-5-2)24-9-8-15-33(36(44)40-27(3)31-14-10-12-29-11-6-7-13-32(29)31)41-35(43)30-18-16-28(17-19-30)25-37-26-34-38-20-21-39-34/h6-8,10-21,27,33,37H,4-5,9,22-26H2,1-3H3,(H,38,39)(H,40,44)(H,41,43)/b15-8+/t27-,33?/m0/s1. The summed E-state index contributed by atoms with van der Waals surface area (Å²) in [5, 5.41) is 11.7. The van der Waals surface area contributed by atoms with Crippen molar-refractivity contribution in [2.45, 2.75) is 65.2 Å². The van der Waals surface area contributed by atoms with Crippen molar-refractivity contribution in [1.82, 2.24) is 30.8 Å². The number of aromatic nitrogens is 2. The first-order valence-electron chi connectivity index (χ1n) is 15.7. The number of amides is 2. The third-order valence-electron chi connectivity index (χ3n) is 7.63. The summed E-state index contributed by atoms with van der Waals surface area (Å²) in [6.45, 7) is 10.7. The van der Waals surface area contributed by atoms with E-state index in [1.165, 1.54) is 0 Å². The van der Waals surface area contributed by atoms with Crippen LogP contribution in [0.1, 0.15) is 73.4 Å². The zero-order chi connectivity index (χ0) is 31.1. The lowest BCUT2D eigenvalue weighted by Gasteiger charge is -2.21. The number of H-pyrrole nitrogens is 1. The van der Waals surface area contributed by atoms with Crippen LogP contribution in [0.4, 0.5) is 0 Å². The number of nitrogens with one attached hydrogen (secondary N) is 4. The van der Waals surface area contributed by atoms with Gasteiger partial charge in [-0.25, -0.2) is 4.98 Å². The Labute approximate surface area is 261 Å². The van der Waals surface area contributed by atoms with Gasteiger partial charge in [0.25, 0.3) is 5.91 Å². The molecule has 2 atom stereocenters. The van der Waals surface area contributed by atoms with Crippen LogP contribution < -0.4 is 16.0 Å². The predicted octanol–water partition coefficient (Wildman–Crippen LogP) is 5.90. The average molecular weight is 595 g/mol. The van der Waals surface area contributed by atoms with Crippen LogP contribution >= 0.6 is 0 Å². The fourth-order valence-corrected chi connectivity index (χ4v) is 5.39. The molecule has 1 unspecified atom stereocenters. The van der Waals surface area contributed by atoms with Gasteiger partial charge in [-0.3, -0.25) is 9.59 Å². The Bertz CT molecular complexity index is 1470. The number of carbonyl (C=O) groups excluding carboxylic acids is 2. The second-order valence-electron chi connectivity index (χ2n) is 11.1. The molecule has 0 fully saturated rings. The lowest BCUT2D eigenvalue weighted by atomic mass is 9.99. The van der Waals surface area contributed by atoms with E-state index in [0.29, 0.717) is 18.7 Å². The summed E-state index contributed by atoms with van der Waals surface area (Å²) in [5.74, 6) is 0.339. The van der Waals surface area contributed by atoms with Gasteiger partial charge in [-0.2, -0.15) is 0 Å². The van der Waals surface area contributed by atoms with Crippen LogP contribution in [0.5, 0.6) is 0 Å². The number of hydrogen-bond acceptors (Lipinski definition) is 5. The highest BCUT2D eigenvalue weighted by molar-refractivity contribution is 5.98. The van der Waals surface area contributed by atoms with Gasteiger partial charge >= 0.3 is 0 Å². The van der Waals surface area contributed by atoms with Gasteiger partial charge in [0, 0.05) is 31.0 Å². The van der Waals surface area contributed by atoms with E-state index in [0.717, 1.165) is 66.6 Å². The Balaban J connectivity index is 1.42. The van der Waals surface area contributed by atoms with E-state index in [-0.39, 0.29) is 17.9 Å². The van der Waals surface area contributed by atoms with Gasteiger partial charge in [-0.1, -0.05) is 80.6 Å². The summed E-state index contributed by atoms with van der Waals surface area (Å²) in [4.78, 5) is 36.7. The number of fused-ring (bicyclic) bond motifs is 1. The topological polar surface area (TPSA) is 102 Å². The van der Waals surface area contributed by atoms with Crippen LogP contribution in [0.2, 0.25) is 0 Å². The minimum absolute atomic E-state index is 0.237. The van der Waals surface area contributed by atoms with Gasteiger partial charge in [0.2, 0.25) is 5.91 Å². The highest BCUT2D eigenvalue weighted by Gasteiger charge is 2.22. The van der Waals surface area contributed by atoms with Crippen molar-refractivity contribution < 1.29 is 9.59 Å². The Morgan fingerprint density at radius 1 is 0.909 bits per heavy atom. The second kappa shape index (κ2) is 17.1. The molecule has 0 aliphatic rings. The summed E-state index contributed by atoms with van der Waals surface area (Å²) in [6, 6.07) is 20.7. The van der Waals surface area contributed by atoms with Crippen molar-refractivity contribution in [1.29, 1.82) is 0 Å². The molecule has 8 nitrogen and oxygen atoms in total. The van der Waals surface area contributed by atoms with E-state index in [4.69, 9.17) is 0 Å².